The van der Waals surface area contributed by atoms with E-state index < -0.39 is 0 Å². The van der Waals surface area contributed by atoms with E-state index in [1.54, 1.807) is 18.6 Å². The SMILES string of the molecule is O=C(C[C@@H]1c2c(F)cccc2-c2cncn21)C1CCC(O)CC1. The van der Waals surface area contributed by atoms with Crippen LogP contribution in [0.2, 0.25) is 0 Å². The van der Waals surface area contributed by atoms with E-state index in [1.807, 2.05) is 10.6 Å². The summed E-state index contributed by atoms with van der Waals surface area (Å²) in [6.07, 6.45) is 6.24. The largest absolute Gasteiger partial charge is 0.393 e. The van der Waals surface area contributed by atoms with Crippen LogP contribution in [0.4, 0.5) is 4.39 Å². The lowest BCUT2D eigenvalue weighted by atomic mass is 9.82. The van der Waals surface area contributed by atoms with Gasteiger partial charge in [0.15, 0.2) is 0 Å². The van der Waals surface area contributed by atoms with Crippen molar-refractivity contribution in [3.63, 3.8) is 0 Å². The molecule has 2 aliphatic rings. The van der Waals surface area contributed by atoms with E-state index in [9.17, 15) is 14.3 Å². The first kappa shape index (κ1) is 14.6. The normalized spacial score (nSPS) is 25.9. The molecule has 0 radical (unpaired) electrons. The van der Waals surface area contributed by atoms with Gasteiger partial charge in [-0.2, -0.15) is 0 Å². The first-order valence-corrected chi connectivity index (χ1v) is 8.16. The van der Waals surface area contributed by atoms with Gasteiger partial charge >= 0.3 is 0 Å². The molecule has 0 spiro atoms. The summed E-state index contributed by atoms with van der Waals surface area (Å²) in [6.45, 7) is 0. The lowest BCUT2D eigenvalue weighted by Gasteiger charge is -2.25. The Morgan fingerprint density at radius 3 is 2.87 bits per heavy atom. The van der Waals surface area contributed by atoms with Crippen molar-refractivity contribution in [2.75, 3.05) is 0 Å². The number of aliphatic hydroxyl groups is 1. The second-order valence-corrected chi connectivity index (χ2v) is 6.58. The minimum atomic E-state index is -0.303. The molecule has 1 aromatic heterocycles. The number of hydrogen-bond acceptors (Lipinski definition) is 3. The summed E-state index contributed by atoms with van der Waals surface area (Å²) in [5, 5.41) is 9.59. The molecule has 1 fully saturated rings. The van der Waals surface area contributed by atoms with Crippen molar-refractivity contribution in [3.8, 4) is 11.3 Å². The molecule has 2 aromatic rings. The van der Waals surface area contributed by atoms with E-state index in [4.69, 9.17) is 0 Å². The van der Waals surface area contributed by atoms with Crippen LogP contribution in [0.5, 0.6) is 0 Å². The van der Waals surface area contributed by atoms with Crippen LogP contribution in [0.1, 0.15) is 43.7 Å². The summed E-state index contributed by atoms with van der Waals surface area (Å²) in [5.74, 6) is -0.109. The highest BCUT2D eigenvalue weighted by molar-refractivity contribution is 5.83. The van der Waals surface area contributed by atoms with Gasteiger partial charge in [-0.05, 0) is 31.7 Å². The topological polar surface area (TPSA) is 55.1 Å². The predicted molar refractivity (Wildman–Crippen MR) is 83.3 cm³/mol. The van der Waals surface area contributed by atoms with Gasteiger partial charge < -0.3 is 9.67 Å². The van der Waals surface area contributed by atoms with E-state index in [2.05, 4.69) is 4.98 Å². The summed E-state index contributed by atoms with van der Waals surface area (Å²) in [6, 6.07) is 4.72. The van der Waals surface area contributed by atoms with Crippen molar-refractivity contribution in [1.29, 1.82) is 0 Å². The number of benzene rings is 1. The van der Waals surface area contributed by atoms with Gasteiger partial charge in [0.25, 0.3) is 0 Å². The average Bonchev–Trinajstić information content (AvgIpc) is 3.12. The molecule has 4 rings (SSSR count). The van der Waals surface area contributed by atoms with Crippen molar-refractivity contribution in [2.45, 2.75) is 44.2 Å². The molecule has 1 atom stereocenters. The fraction of sp³-hybridized carbons (Fsp3) is 0.444. The van der Waals surface area contributed by atoms with Gasteiger partial charge in [-0.25, -0.2) is 9.37 Å². The lowest BCUT2D eigenvalue weighted by molar-refractivity contribution is -0.124. The van der Waals surface area contributed by atoms with Gasteiger partial charge in [0, 0.05) is 23.5 Å². The number of carbonyl (C=O) groups excluding carboxylic acids is 1. The van der Waals surface area contributed by atoms with Crippen molar-refractivity contribution >= 4 is 5.78 Å². The van der Waals surface area contributed by atoms with Crippen molar-refractivity contribution in [3.05, 3.63) is 42.1 Å². The molecule has 0 saturated heterocycles. The quantitative estimate of drug-likeness (QED) is 0.947. The highest BCUT2D eigenvalue weighted by Gasteiger charge is 2.35. The van der Waals surface area contributed by atoms with Crippen LogP contribution < -0.4 is 0 Å². The number of aliphatic hydroxyl groups excluding tert-OH is 1. The highest BCUT2D eigenvalue weighted by Crippen LogP contribution is 2.43. The van der Waals surface area contributed by atoms with Crippen molar-refractivity contribution in [2.24, 2.45) is 5.92 Å². The minimum absolute atomic E-state index is 0.0128. The molecular formula is C18H19FN2O2. The van der Waals surface area contributed by atoms with Gasteiger partial charge in [0.05, 0.1) is 30.4 Å². The van der Waals surface area contributed by atoms with Crippen LogP contribution in [-0.2, 0) is 4.79 Å². The lowest BCUT2D eigenvalue weighted by Crippen LogP contribution is -2.26. The molecule has 23 heavy (non-hydrogen) atoms. The number of halogens is 1. The fourth-order valence-corrected chi connectivity index (χ4v) is 3.96. The van der Waals surface area contributed by atoms with Gasteiger partial charge in [-0.1, -0.05) is 12.1 Å². The maximum atomic E-state index is 14.3. The Labute approximate surface area is 134 Å². The van der Waals surface area contributed by atoms with E-state index in [1.165, 1.54) is 6.07 Å². The Kier molecular flexibility index (Phi) is 3.53. The second-order valence-electron chi connectivity index (χ2n) is 6.58. The fourth-order valence-electron chi connectivity index (χ4n) is 3.96. The number of ketones is 1. The smallest absolute Gasteiger partial charge is 0.138 e. The molecule has 4 nitrogen and oxygen atoms in total. The first-order chi connectivity index (χ1) is 11.1. The van der Waals surface area contributed by atoms with Gasteiger partial charge in [-0.15, -0.1) is 0 Å². The number of imidazole rings is 1. The van der Waals surface area contributed by atoms with Crippen LogP contribution in [0.3, 0.4) is 0 Å². The molecule has 0 amide bonds. The third-order valence-corrected chi connectivity index (χ3v) is 5.21. The standard InChI is InChI=1S/C18H19FN2O2/c19-14-3-1-2-13-16-9-20-10-21(16)15(18(13)14)8-17(23)11-4-6-12(22)7-5-11/h1-3,9-12,15,22H,4-8H2/t11?,12?,15-/m1/s1. The highest BCUT2D eigenvalue weighted by atomic mass is 19.1. The number of aromatic nitrogens is 2. The summed E-state index contributed by atoms with van der Waals surface area (Å²) >= 11 is 0. The van der Waals surface area contributed by atoms with Crippen LogP contribution in [0.25, 0.3) is 11.3 Å². The average molecular weight is 314 g/mol. The molecule has 1 aliphatic carbocycles. The summed E-state index contributed by atoms with van der Waals surface area (Å²) in [5.41, 5.74) is 2.31. The van der Waals surface area contributed by atoms with Crippen LogP contribution in [0.15, 0.2) is 30.7 Å². The molecule has 1 aromatic carbocycles. The Hall–Kier alpha value is -2.01. The molecule has 120 valence electrons. The molecular weight excluding hydrogens is 295 g/mol. The van der Waals surface area contributed by atoms with Crippen molar-refractivity contribution < 1.29 is 14.3 Å². The Balaban J connectivity index is 1.61. The van der Waals surface area contributed by atoms with Gasteiger partial charge in [0.2, 0.25) is 0 Å². The summed E-state index contributed by atoms with van der Waals surface area (Å²) < 4.78 is 16.3. The first-order valence-electron chi connectivity index (χ1n) is 8.16. The van der Waals surface area contributed by atoms with Crippen molar-refractivity contribution in [1.82, 2.24) is 9.55 Å². The van der Waals surface area contributed by atoms with E-state index in [-0.39, 0.29) is 36.1 Å². The van der Waals surface area contributed by atoms with E-state index in [0.717, 1.165) is 24.1 Å². The molecule has 1 aliphatic heterocycles. The Bertz CT molecular complexity index is 747. The molecule has 1 N–H and O–H groups in total. The molecule has 1 saturated carbocycles. The monoisotopic (exact) mass is 314 g/mol. The van der Waals surface area contributed by atoms with Gasteiger partial charge in [0.1, 0.15) is 11.6 Å². The maximum Gasteiger partial charge on any atom is 0.138 e. The summed E-state index contributed by atoms with van der Waals surface area (Å²) in [7, 11) is 0. The van der Waals surface area contributed by atoms with Crippen LogP contribution in [-0.4, -0.2) is 26.5 Å². The zero-order valence-corrected chi connectivity index (χ0v) is 12.8. The van der Waals surface area contributed by atoms with Crippen LogP contribution >= 0.6 is 0 Å². The third kappa shape index (κ3) is 2.39. The predicted octanol–water partition coefficient (Wildman–Crippen LogP) is 3.10. The molecule has 0 unspecified atom stereocenters. The minimum Gasteiger partial charge on any atom is -0.393 e. The zero-order chi connectivity index (χ0) is 16.0. The van der Waals surface area contributed by atoms with E-state index >= 15 is 0 Å². The van der Waals surface area contributed by atoms with Gasteiger partial charge in [-0.3, -0.25) is 4.79 Å². The number of fused-ring (bicyclic) bond motifs is 3. The molecule has 0 bridgehead atoms. The molecule has 5 heteroatoms. The summed E-state index contributed by atoms with van der Waals surface area (Å²) in [4.78, 5) is 16.8. The Morgan fingerprint density at radius 1 is 1.30 bits per heavy atom. The number of Topliss-reactive ketones (excluding diaryl/α,β-unsaturated/α-hetero) is 1. The van der Waals surface area contributed by atoms with E-state index in [0.29, 0.717) is 18.4 Å². The number of rotatable bonds is 3. The number of nitrogens with zero attached hydrogens (tertiary/aromatic N) is 2. The number of hydrogen-bond donors (Lipinski definition) is 1. The Morgan fingerprint density at radius 2 is 2.09 bits per heavy atom. The zero-order valence-electron chi connectivity index (χ0n) is 12.8. The maximum absolute atomic E-state index is 14.3. The third-order valence-electron chi connectivity index (χ3n) is 5.21. The molecule has 2 heterocycles. The number of carbonyl (C=O) groups is 1. The van der Waals surface area contributed by atoms with Crippen LogP contribution in [0, 0.1) is 11.7 Å². The second kappa shape index (κ2) is 5.57.